The number of hydrogen-bond acceptors (Lipinski definition) is 3. The van der Waals surface area contributed by atoms with E-state index in [9.17, 15) is 26.3 Å². The summed E-state index contributed by atoms with van der Waals surface area (Å²) in [5, 5.41) is 16.5. The second-order valence-electron chi connectivity index (χ2n) is 2.33. The molecule has 86 valence electrons. The molecule has 2 unspecified atom stereocenters. The van der Waals surface area contributed by atoms with Crippen LogP contribution in [0.3, 0.4) is 0 Å². The standard InChI is InChI=1S/C5H6F6O3/c1-14-5(11,13)3(12,2(6)7)4(8,9)10/h2,12-13H,1H3. The third-order valence-corrected chi connectivity index (χ3v) is 1.49. The summed E-state index contributed by atoms with van der Waals surface area (Å²) < 4.78 is 74.7. The Morgan fingerprint density at radius 3 is 1.50 bits per heavy atom. The van der Waals surface area contributed by atoms with E-state index in [1.54, 1.807) is 0 Å². The molecule has 0 saturated carbocycles. The van der Waals surface area contributed by atoms with Crippen LogP contribution in [-0.4, -0.2) is 41.6 Å². The van der Waals surface area contributed by atoms with Crippen LogP contribution in [-0.2, 0) is 4.74 Å². The van der Waals surface area contributed by atoms with Crippen LogP contribution >= 0.6 is 0 Å². The van der Waals surface area contributed by atoms with Gasteiger partial charge in [-0.25, -0.2) is 8.78 Å². The van der Waals surface area contributed by atoms with E-state index in [2.05, 4.69) is 4.74 Å². The molecule has 0 fully saturated rings. The normalized spacial score (nSPS) is 21.9. The van der Waals surface area contributed by atoms with E-state index >= 15 is 0 Å². The van der Waals surface area contributed by atoms with Gasteiger partial charge in [0, 0.05) is 7.11 Å². The second kappa shape index (κ2) is 3.55. The van der Waals surface area contributed by atoms with E-state index in [4.69, 9.17) is 10.2 Å². The summed E-state index contributed by atoms with van der Waals surface area (Å²) in [7, 11) is 0.194. The Balaban J connectivity index is 5.33. The molecule has 0 spiro atoms. The molecule has 0 aromatic carbocycles. The van der Waals surface area contributed by atoms with Crippen molar-refractivity contribution in [1.29, 1.82) is 0 Å². The van der Waals surface area contributed by atoms with Crippen LogP contribution in [0, 0.1) is 0 Å². The molecule has 0 aliphatic carbocycles. The lowest BCUT2D eigenvalue weighted by Crippen LogP contribution is -2.66. The third kappa shape index (κ3) is 1.79. The van der Waals surface area contributed by atoms with Crippen LogP contribution in [0.25, 0.3) is 0 Å². The van der Waals surface area contributed by atoms with Crippen molar-refractivity contribution in [3.05, 3.63) is 0 Å². The molecular weight excluding hydrogens is 222 g/mol. The number of halogens is 6. The highest BCUT2D eigenvalue weighted by molar-refractivity contribution is 4.96. The van der Waals surface area contributed by atoms with E-state index in [1.807, 2.05) is 0 Å². The van der Waals surface area contributed by atoms with Gasteiger partial charge in [0.25, 0.3) is 6.43 Å². The highest BCUT2D eigenvalue weighted by atomic mass is 19.4. The Labute approximate surface area is 73.9 Å². The molecule has 0 bridgehead atoms. The first-order chi connectivity index (χ1) is 6.00. The topological polar surface area (TPSA) is 49.7 Å². The van der Waals surface area contributed by atoms with E-state index in [0.717, 1.165) is 0 Å². The van der Waals surface area contributed by atoms with Crippen LogP contribution in [0.1, 0.15) is 0 Å². The third-order valence-electron chi connectivity index (χ3n) is 1.49. The predicted octanol–water partition coefficient (Wildman–Crippen LogP) is 0.807. The molecule has 0 radical (unpaired) electrons. The quantitative estimate of drug-likeness (QED) is 0.555. The Bertz CT molecular complexity index is 202. The van der Waals surface area contributed by atoms with Gasteiger partial charge >= 0.3 is 17.8 Å². The fraction of sp³-hybridized carbons (Fsp3) is 1.00. The van der Waals surface area contributed by atoms with Gasteiger partial charge in [0.1, 0.15) is 0 Å². The van der Waals surface area contributed by atoms with Crippen LogP contribution in [0.15, 0.2) is 0 Å². The number of rotatable bonds is 3. The van der Waals surface area contributed by atoms with Crippen molar-refractivity contribution in [3.8, 4) is 0 Å². The molecule has 0 amide bonds. The Morgan fingerprint density at radius 2 is 1.43 bits per heavy atom. The maximum atomic E-state index is 12.5. The Kier molecular flexibility index (Phi) is 3.42. The average Bonchev–Trinajstić information content (AvgIpc) is 2.00. The lowest BCUT2D eigenvalue weighted by Gasteiger charge is -2.36. The molecule has 0 aromatic heterocycles. The SMILES string of the molecule is COC(O)(F)C(O)(C(F)F)C(F)(F)F. The number of hydrogen-bond donors (Lipinski definition) is 2. The van der Waals surface area contributed by atoms with Crippen molar-refractivity contribution in [1.82, 2.24) is 0 Å². The van der Waals surface area contributed by atoms with Gasteiger partial charge in [-0.3, -0.25) is 0 Å². The van der Waals surface area contributed by atoms with Gasteiger partial charge < -0.3 is 14.9 Å². The van der Waals surface area contributed by atoms with Gasteiger partial charge in [-0.05, 0) is 0 Å². The van der Waals surface area contributed by atoms with Crippen molar-refractivity contribution >= 4 is 0 Å². The zero-order valence-corrected chi connectivity index (χ0v) is 6.65. The van der Waals surface area contributed by atoms with Gasteiger partial charge in [-0.1, -0.05) is 0 Å². The van der Waals surface area contributed by atoms with E-state index in [1.165, 1.54) is 0 Å². The minimum Gasteiger partial charge on any atom is -0.370 e. The van der Waals surface area contributed by atoms with Crippen LogP contribution in [0.4, 0.5) is 26.3 Å². The van der Waals surface area contributed by atoms with Gasteiger partial charge in [0.2, 0.25) is 0 Å². The zero-order chi connectivity index (χ0) is 11.8. The maximum Gasteiger partial charge on any atom is 0.431 e. The smallest absolute Gasteiger partial charge is 0.370 e. The molecule has 0 aliphatic heterocycles. The van der Waals surface area contributed by atoms with E-state index < -0.39 is 24.2 Å². The highest BCUT2D eigenvalue weighted by Gasteiger charge is 2.74. The summed E-state index contributed by atoms with van der Waals surface area (Å²) in [6.07, 6.45) is -10.7. The minimum absolute atomic E-state index is 0.194. The molecule has 0 aromatic rings. The molecule has 9 heteroatoms. The maximum absolute atomic E-state index is 12.5. The summed E-state index contributed by atoms with van der Waals surface area (Å²) in [5.74, 6) is 0. The van der Waals surface area contributed by atoms with Gasteiger partial charge in [0.15, 0.2) is 0 Å². The summed E-state index contributed by atoms with van der Waals surface area (Å²) >= 11 is 0. The predicted molar refractivity (Wildman–Crippen MR) is 30.1 cm³/mol. The molecular formula is C5H6F6O3. The molecule has 2 atom stereocenters. The van der Waals surface area contributed by atoms with Gasteiger partial charge in [-0.2, -0.15) is 17.6 Å². The van der Waals surface area contributed by atoms with Crippen LogP contribution in [0.2, 0.25) is 0 Å². The second-order valence-corrected chi connectivity index (χ2v) is 2.33. The Morgan fingerprint density at radius 1 is 1.07 bits per heavy atom. The number of aliphatic hydroxyl groups is 2. The fourth-order valence-electron chi connectivity index (χ4n) is 0.589. The van der Waals surface area contributed by atoms with Gasteiger partial charge in [0.05, 0.1) is 0 Å². The van der Waals surface area contributed by atoms with Crippen molar-refractivity contribution in [2.45, 2.75) is 24.2 Å². The summed E-state index contributed by atoms with van der Waals surface area (Å²) in [5.41, 5.74) is -5.28. The number of ether oxygens (including phenoxy) is 1. The van der Waals surface area contributed by atoms with E-state index in [-0.39, 0.29) is 7.11 Å². The minimum atomic E-state index is -6.08. The lowest BCUT2D eigenvalue weighted by atomic mass is 10.0. The molecule has 14 heavy (non-hydrogen) atoms. The molecule has 3 nitrogen and oxygen atoms in total. The van der Waals surface area contributed by atoms with Gasteiger partial charge in [-0.15, -0.1) is 0 Å². The molecule has 0 heterocycles. The fourth-order valence-corrected chi connectivity index (χ4v) is 0.589. The number of alkyl halides is 6. The first-order valence-electron chi connectivity index (χ1n) is 3.04. The van der Waals surface area contributed by atoms with Crippen LogP contribution < -0.4 is 0 Å². The van der Waals surface area contributed by atoms with E-state index in [0.29, 0.717) is 0 Å². The lowest BCUT2D eigenvalue weighted by molar-refractivity contribution is -0.447. The number of methoxy groups -OCH3 is 1. The largest absolute Gasteiger partial charge is 0.431 e. The summed E-state index contributed by atoms with van der Waals surface area (Å²) in [6.45, 7) is 0. The summed E-state index contributed by atoms with van der Waals surface area (Å²) in [6, 6.07) is -4.92. The molecule has 0 aliphatic rings. The molecule has 0 saturated heterocycles. The van der Waals surface area contributed by atoms with Crippen molar-refractivity contribution in [2.75, 3.05) is 7.11 Å². The van der Waals surface area contributed by atoms with Crippen molar-refractivity contribution in [3.63, 3.8) is 0 Å². The van der Waals surface area contributed by atoms with Crippen LogP contribution in [0.5, 0.6) is 0 Å². The van der Waals surface area contributed by atoms with Crippen molar-refractivity contribution in [2.24, 2.45) is 0 Å². The zero-order valence-electron chi connectivity index (χ0n) is 6.65. The summed E-state index contributed by atoms with van der Waals surface area (Å²) in [4.78, 5) is 0. The first-order valence-corrected chi connectivity index (χ1v) is 3.04. The Hall–Kier alpha value is -0.540. The molecule has 0 rings (SSSR count). The van der Waals surface area contributed by atoms with Crippen molar-refractivity contribution < 1.29 is 41.3 Å². The first kappa shape index (κ1) is 13.5. The monoisotopic (exact) mass is 228 g/mol. The average molecular weight is 228 g/mol. The molecule has 2 N–H and O–H groups in total. The highest BCUT2D eigenvalue weighted by Crippen LogP contribution is 2.43.